The molecule has 20 heavy (non-hydrogen) atoms. The van der Waals surface area contributed by atoms with E-state index >= 15 is 0 Å². The number of aryl methyl sites for hydroxylation is 1. The van der Waals surface area contributed by atoms with Crippen LogP contribution in [0.15, 0.2) is 30.5 Å². The Morgan fingerprint density at radius 3 is 2.90 bits per heavy atom. The van der Waals surface area contributed by atoms with E-state index in [1.807, 2.05) is 12.1 Å². The summed E-state index contributed by atoms with van der Waals surface area (Å²) in [7, 11) is 0. The van der Waals surface area contributed by atoms with E-state index in [1.54, 1.807) is 12.1 Å². The summed E-state index contributed by atoms with van der Waals surface area (Å²) >= 11 is 6.01. The SMILES string of the molecule is N#Cc1cnc(Oc2ccc3c(c2)CCC3=O)c(Cl)c1. The van der Waals surface area contributed by atoms with Crippen LogP contribution in [0.5, 0.6) is 11.6 Å². The van der Waals surface area contributed by atoms with E-state index in [9.17, 15) is 4.79 Å². The molecule has 0 saturated carbocycles. The zero-order valence-electron chi connectivity index (χ0n) is 10.4. The van der Waals surface area contributed by atoms with Crippen LogP contribution in [0, 0.1) is 11.3 Å². The number of carbonyl (C=O) groups is 1. The zero-order valence-corrected chi connectivity index (χ0v) is 11.1. The Hall–Kier alpha value is -2.38. The molecule has 0 bridgehead atoms. The van der Waals surface area contributed by atoms with Crippen LogP contribution in [0.2, 0.25) is 5.02 Å². The molecule has 1 aromatic heterocycles. The van der Waals surface area contributed by atoms with Crippen molar-refractivity contribution in [2.45, 2.75) is 12.8 Å². The molecular weight excluding hydrogens is 276 g/mol. The number of nitriles is 1. The van der Waals surface area contributed by atoms with Crippen molar-refractivity contribution < 1.29 is 9.53 Å². The Balaban J connectivity index is 1.89. The summed E-state index contributed by atoms with van der Waals surface area (Å²) in [5.74, 6) is 0.994. The lowest BCUT2D eigenvalue weighted by Gasteiger charge is -2.07. The Kier molecular flexibility index (Phi) is 3.13. The van der Waals surface area contributed by atoms with Crippen molar-refractivity contribution in [2.24, 2.45) is 0 Å². The molecule has 0 amide bonds. The number of ketones is 1. The Morgan fingerprint density at radius 2 is 2.15 bits per heavy atom. The number of rotatable bonds is 2. The number of ether oxygens (including phenoxy) is 1. The summed E-state index contributed by atoms with van der Waals surface area (Å²) in [6.45, 7) is 0. The highest BCUT2D eigenvalue weighted by Gasteiger charge is 2.20. The van der Waals surface area contributed by atoms with Crippen LogP contribution in [-0.2, 0) is 6.42 Å². The van der Waals surface area contributed by atoms with Crippen molar-refractivity contribution in [3.8, 4) is 17.7 Å². The average molecular weight is 285 g/mol. The van der Waals surface area contributed by atoms with E-state index in [0.29, 0.717) is 17.7 Å². The minimum Gasteiger partial charge on any atom is -0.438 e. The maximum absolute atomic E-state index is 11.6. The Bertz CT molecular complexity index is 750. The Morgan fingerprint density at radius 1 is 1.30 bits per heavy atom. The number of fused-ring (bicyclic) bond motifs is 1. The molecule has 0 aliphatic heterocycles. The second-order valence-electron chi connectivity index (χ2n) is 4.47. The van der Waals surface area contributed by atoms with Crippen LogP contribution in [0.4, 0.5) is 0 Å². The standard InChI is InChI=1S/C15H9ClN2O2/c16-13-5-9(7-17)8-18-15(13)20-11-2-3-12-10(6-11)1-4-14(12)19/h2-3,5-6,8H,1,4H2. The molecule has 0 atom stereocenters. The van der Waals surface area contributed by atoms with E-state index in [0.717, 1.165) is 17.5 Å². The van der Waals surface area contributed by atoms with E-state index in [1.165, 1.54) is 12.3 Å². The highest BCUT2D eigenvalue weighted by molar-refractivity contribution is 6.31. The van der Waals surface area contributed by atoms with Gasteiger partial charge in [0.1, 0.15) is 16.8 Å². The molecule has 1 aliphatic rings. The van der Waals surface area contributed by atoms with Gasteiger partial charge in [-0.25, -0.2) is 4.98 Å². The van der Waals surface area contributed by atoms with Gasteiger partial charge in [0.15, 0.2) is 5.78 Å². The summed E-state index contributed by atoms with van der Waals surface area (Å²) in [5.41, 5.74) is 2.12. The molecule has 5 heteroatoms. The number of nitrogens with zero attached hydrogens (tertiary/aromatic N) is 2. The molecule has 1 heterocycles. The van der Waals surface area contributed by atoms with Crippen LogP contribution in [0.3, 0.4) is 0 Å². The maximum Gasteiger partial charge on any atom is 0.238 e. The first-order chi connectivity index (χ1) is 9.67. The summed E-state index contributed by atoms with van der Waals surface area (Å²) in [4.78, 5) is 15.6. The number of Topliss-reactive ketones (excluding diaryl/α,β-unsaturated/α-hetero) is 1. The van der Waals surface area contributed by atoms with Gasteiger partial charge in [-0.05, 0) is 36.2 Å². The average Bonchev–Trinajstić information content (AvgIpc) is 2.82. The van der Waals surface area contributed by atoms with Gasteiger partial charge in [-0.15, -0.1) is 0 Å². The minimum atomic E-state index is 0.168. The number of aromatic nitrogens is 1. The molecular formula is C15H9ClN2O2. The topological polar surface area (TPSA) is 63.0 Å². The third-order valence-electron chi connectivity index (χ3n) is 3.15. The molecule has 0 unspecified atom stereocenters. The Labute approximate surface area is 120 Å². The lowest BCUT2D eigenvalue weighted by atomic mass is 10.1. The van der Waals surface area contributed by atoms with E-state index < -0.39 is 0 Å². The molecule has 0 radical (unpaired) electrons. The number of pyridine rings is 1. The monoisotopic (exact) mass is 284 g/mol. The summed E-state index contributed by atoms with van der Waals surface area (Å²) in [6, 6.07) is 8.77. The van der Waals surface area contributed by atoms with Gasteiger partial charge in [0.25, 0.3) is 0 Å². The van der Waals surface area contributed by atoms with Gasteiger partial charge in [0.2, 0.25) is 5.88 Å². The van der Waals surface area contributed by atoms with Gasteiger partial charge in [-0.3, -0.25) is 4.79 Å². The first-order valence-electron chi connectivity index (χ1n) is 6.07. The number of carbonyl (C=O) groups excluding carboxylic acids is 1. The molecule has 2 aromatic rings. The summed E-state index contributed by atoms with van der Waals surface area (Å²) in [5, 5.41) is 9.03. The largest absolute Gasteiger partial charge is 0.438 e. The van der Waals surface area contributed by atoms with Crippen LogP contribution in [0.1, 0.15) is 27.9 Å². The van der Waals surface area contributed by atoms with E-state index in [2.05, 4.69) is 4.98 Å². The lowest BCUT2D eigenvalue weighted by molar-refractivity contribution is 0.0994. The highest BCUT2D eigenvalue weighted by Crippen LogP contribution is 2.31. The third kappa shape index (κ3) is 2.24. The molecule has 0 N–H and O–H groups in total. The summed E-state index contributed by atoms with van der Waals surface area (Å²) < 4.78 is 5.61. The zero-order chi connectivity index (χ0) is 14.1. The molecule has 3 rings (SSSR count). The van der Waals surface area contributed by atoms with Crippen LogP contribution >= 0.6 is 11.6 Å². The first kappa shape index (κ1) is 12.6. The first-order valence-corrected chi connectivity index (χ1v) is 6.45. The third-order valence-corrected chi connectivity index (χ3v) is 3.42. The predicted octanol–water partition coefficient (Wildman–Crippen LogP) is 3.53. The van der Waals surface area contributed by atoms with Gasteiger partial charge in [-0.2, -0.15) is 5.26 Å². The fourth-order valence-corrected chi connectivity index (χ4v) is 2.37. The number of halogens is 1. The summed E-state index contributed by atoms with van der Waals surface area (Å²) in [6.07, 6.45) is 2.69. The molecule has 0 saturated heterocycles. The molecule has 1 aromatic carbocycles. The van der Waals surface area contributed by atoms with Crippen molar-refractivity contribution in [1.29, 1.82) is 5.26 Å². The smallest absolute Gasteiger partial charge is 0.238 e. The van der Waals surface area contributed by atoms with Crippen molar-refractivity contribution in [2.75, 3.05) is 0 Å². The van der Waals surface area contributed by atoms with Crippen LogP contribution in [-0.4, -0.2) is 10.8 Å². The quantitative estimate of drug-likeness (QED) is 0.846. The van der Waals surface area contributed by atoms with Crippen LogP contribution in [0.25, 0.3) is 0 Å². The lowest BCUT2D eigenvalue weighted by Crippen LogP contribution is -1.93. The van der Waals surface area contributed by atoms with Crippen molar-refractivity contribution in [3.05, 3.63) is 52.2 Å². The van der Waals surface area contributed by atoms with Gasteiger partial charge >= 0.3 is 0 Å². The van der Waals surface area contributed by atoms with Gasteiger partial charge in [-0.1, -0.05) is 11.6 Å². The molecule has 4 nitrogen and oxygen atoms in total. The van der Waals surface area contributed by atoms with E-state index in [4.69, 9.17) is 21.6 Å². The number of hydrogen-bond acceptors (Lipinski definition) is 4. The highest BCUT2D eigenvalue weighted by atomic mass is 35.5. The second-order valence-corrected chi connectivity index (χ2v) is 4.87. The predicted molar refractivity (Wildman–Crippen MR) is 73.1 cm³/mol. The second kappa shape index (κ2) is 4.95. The molecule has 1 aliphatic carbocycles. The minimum absolute atomic E-state index is 0.168. The molecule has 0 spiro atoms. The number of benzene rings is 1. The molecule has 0 fully saturated rings. The van der Waals surface area contributed by atoms with Gasteiger partial charge in [0.05, 0.1) is 5.56 Å². The van der Waals surface area contributed by atoms with Crippen molar-refractivity contribution in [3.63, 3.8) is 0 Å². The maximum atomic E-state index is 11.6. The molecule has 98 valence electrons. The normalized spacial score (nSPS) is 12.9. The van der Waals surface area contributed by atoms with Gasteiger partial charge < -0.3 is 4.74 Å². The van der Waals surface area contributed by atoms with E-state index in [-0.39, 0.29) is 16.7 Å². The fourth-order valence-electron chi connectivity index (χ4n) is 2.17. The van der Waals surface area contributed by atoms with Crippen molar-refractivity contribution >= 4 is 17.4 Å². The number of hydrogen-bond donors (Lipinski definition) is 0. The van der Waals surface area contributed by atoms with Crippen LogP contribution < -0.4 is 4.74 Å². The van der Waals surface area contributed by atoms with Gasteiger partial charge in [0, 0.05) is 18.2 Å². The van der Waals surface area contributed by atoms with Crippen molar-refractivity contribution in [1.82, 2.24) is 4.98 Å². The fraction of sp³-hybridized carbons (Fsp3) is 0.133.